The quantitative estimate of drug-likeness (QED) is 0.905. The van der Waals surface area contributed by atoms with Crippen LogP contribution in [0.1, 0.15) is 31.2 Å². The zero-order chi connectivity index (χ0) is 14.0. The summed E-state index contributed by atoms with van der Waals surface area (Å²) >= 11 is 6.14. The van der Waals surface area contributed by atoms with Crippen LogP contribution in [0, 0.1) is 0 Å². The highest BCUT2D eigenvalue weighted by atomic mass is 35.5. The molecule has 3 nitrogen and oxygen atoms in total. The van der Waals surface area contributed by atoms with E-state index in [1.165, 1.54) is 0 Å². The Morgan fingerprint density at radius 2 is 1.86 bits per heavy atom. The van der Waals surface area contributed by atoms with Gasteiger partial charge >= 0.3 is 0 Å². The summed E-state index contributed by atoms with van der Waals surface area (Å²) in [4.78, 5) is 15.1. The van der Waals surface area contributed by atoms with Crippen LogP contribution in [0.15, 0.2) is 24.3 Å². The molecule has 0 atom stereocenters. The molecular weight excluding hydrogens is 307 g/mol. The van der Waals surface area contributed by atoms with Gasteiger partial charge in [-0.15, -0.1) is 12.4 Å². The minimum absolute atomic E-state index is 0. The number of hydrogen-bond donors (Lipinski definition) is 1. The molecule has 5 heteroatoms. The summed E-state index contributed by atoms with van der Waals surface area (Å²) in [5.74, 6) is 0.304. The average Bonchev–Trinajstić information content (AvgIpc) is 2.98. The van der Waals surface area contributed by atoms with E-state index in [-0.39, 0.29) is 17.8 Å². The molecule has 1 aliphatic heterocycles. The lowest BCUT2D eigenvalue weighted by atomic mass is 9.77. The minimum atomic E-state index is -0.331. The fraction of sp³-hybridized carbons (Fsp3) is 0.562. The fourth-order valence-electron chi connectivity index (χ4n) is 3.56. The summed E-state index contributed by atoms with van der Waals surface area (Å²) in [6, 6.07) is 7.88. The largest absolute Gasteiger partial charge is 0.339 e. The normalized spacial score (nSPS) is 20.9. The lowest BCUT2D eigenvalue weighted by Crippen LogP contribution is -2.52. The van der Waals surface area contributed by atoms with Gasteiger partial charge in [-0.3, -0.25) is 4.79 Å². The monoisotopic (exact) mass is 328 g/mol. The van der Waals surface area contributed by atoms with Gasteiger partial charge in [0.2, 0.25) is 5.91 Å². The average molecular weight is 329 g/mol. The molecule has 0 bridgehead atoms. The first-order valence-corrected chi connectivity index (χ1v) is 7.86. The third-order valence-electron chi connectivity index (χ3n) is 4.65. The number of amides is 1. The van der Waals surface area contributed by atoms with Gasteiger partial charge in [-0.2, -0.15) is 0 Å². The van der Waals surface area contributed by atoms with Crippen molar-refractivity contribution in [3.8, 4) is 0 Å². The number of halogens is 2. The summed E-state index contributed by atoms with van der Waals surface area (Å²) in [5.41, 5.74) is 0.772. The Hall–Kier alpha value is -0.770. The van der Waals surface area contributed by atoms with Gasteiger partial charge in [0.25, 0.3) is 0 Å². The van der Waals surface area contributed by atoms with Gasteiger partial charge in [0.05, 0.1) is 5.41 Å². The summed E-state index contributed by atoms with van der Waals surface area (Å²) in [6.07, 6.45) is 4.17. The first-order chi connectivity index (χ1) is 9.72. The Balaban J connectivity index is 0.00000161. The zero-order valence-corrected chi connectivity index (χ0v) is 13.7. The molecule has 2 fully saturated rings. The molecule has 0 aromatic heterocycles. The lowest BCUT2D eigenvalue weighted by molar-refractivity contribution is -0.138. The number of benzene rings is 1. The van der Waals surface area contributed by atoms with Crippen molar-refractivity contribution in [3.05, 3.63) is 34.9 Å². The second kappa shape index (κ2) is 6.99. The van der Waals surface area contributed by atoms with Gasteiger partial charge in [-0.25, -0.2) is 0 Å². The molecule has 1 aromatic rings. The lowest BCUT2D eigenvalue weighted by Gasteiger charge is -2.37. The van der Waals surface area contributed by atoms with Gasteiger partial charge in [0, 0.05) is 31.2 Å². The van der Waals surface area contributed by atoms with Crippen LogP contribution in [0.3, 0.4) is 0 Å². The molecule has 1 N–H and O–H groups in total. The molecule has 1 aliphatic carbocycles. The van der Waals surface area contributed by atoms with Crippen LogP contribution in [0.5, 0.6) is 0 Å². The number of hydrogen-bond acceptors (Lipinski definition) is 2. The number of carbonyl (C=O) groups excluding carboxylic acids is 1. The van der Waals surface area contributed by atoms with Crippen LogP contribution in [0.2, 0.25) is 5.02 Å². The van der Waals surface area contributed by atoms with Crippen molar-refractivity contribution in [1.82, 2.24) is 10.2 Å². The van der Waals surface area contributed by atoms with Crippen LogP contribution in [-0.2, 0) is 10.2 Å². The smallest absolute Gasteiger partial charge is 0.233 e. The third kappa shape index (κ3) is 3.20. The number of piperazine rings is 1. The van der Waals surface area contributed by atoms with E-state index in [1.54, 1.807) is 0 Å². The molecule has 116 valence electrons. The number of carbonyl (C=O) groups is 1. The van der Waals surface area contributed by atoms with Crippen molar-refractivity contribution in [1.29, 1.82) is 0 Å². The molecule has 0 radical (unpaired) electrons. The minimum Gasteiger partial charge on any atom is -0.339 e. The Morgan fingerprint density at radius 1 is 1.19 bits per heavy atom. The van der Waals surface area contributed by atoms with Crippen molar-refractivity contribution in [2.75, 3.05) is 26.2 Å². The SMILES string of the molecule is Cl.O=C(N1CCNCC1)C1(c2cccc(Cl)c2)CCCC1. The van der Waals surface area contributed by atoms with E-state index in [1.807, 2.05) is 23.1 Å². The maximum Gasteiger partial charge on any atom is 0.233 e. The molecule has 1 amide bonds. The van der Waals surface area contributed by atoms with Gasteiger partial charge in [-0.1, -0.05) is 36.6 Å². The fourth-order valence-corrected chi connectivity index (χ4v) is 3.75. The standard InChI is InChI=1S/C16H21ClN2O.ClH/c17-14-5-3-4-13(12-14)16(6-1-2-7-16)15(20)19-10-8-18-9-11-19;/h3-5,12,18H,1-2,6-11H2;1H. The maximum atomic E-state index is 13.1. The first kappa shape index (κ1) is 16.6. The molecule has 0 unspecified atom stereocenters. The van der Waals surface area contributed by atoms with E-state index in [0.717, 1.165) is 62.4 Å². The summed E-state index contributed by atoms with van der Waals surface area (Å²) in [6.45, 7) is 3.44. The Morgan fingerprint density at radius 3 is 2.48 bits per heavy atom. The van der Waals surface area contributed by atoms with Crippen LogP contribution >= 0.6 is 24.0 Å². The van der Waals surface area contributed by atoms with Crippen LogP contribution in [0.4, 0.5) is 0 Å². The second-order valence-electron chi connectivity index (χ2n) is 5.84. The number of nitrogens with one attached hydrogen (secondary N) is 1. The Bertz CT molecular complexity index is 495. The van der Waals surface area contributed by atoms with Crippen LogP contribution in [-0.4, -0.2) is 37.0 Å². The third-order valence-corrected chi connectivity index (χ3v) is 4.88. The van der Waals surface area contributed by atoms with Crippen molar-refractivity contribution in [2.45, 2.75) is 31.1 Å². The second-order valence-corrected chi connectivity index (χ2v) is 6.28. The van der Waals surface area contributed by atoms with Gasteiger partial charge in [0.15, 0.2) is 0 Å². The van der Waals surface area contributed by atoms with Crippen molar-refractivity contribution in [2.24, 2.45) is 0 Å². The van der Waals surface area contributed by atoms with E-state index in [0.29, 0.717) is 5.91 Å². The van der Waals surface area contributed by atoms with E-state index in [4.69, 9.17) is 11.6 Å². The summed E-state index contributed by atoms with van der Waals surface area (Å²) < 4.78 is 0. The van der Waals surface area contributed by atoms with Crippen molar-refractivity contribution < 1.29 is 4.79 Å². The Kier molecular flexibility index (Phi) is 5.53. The van der Waals surface area contributed by atoms with E-state index in [2.05, 4.69) is 11.4 Å². The van der Waals surface area contributed by atoms with Crippen LogP contribution < -0.4 is 5.32 Å². The molecule has 1 saturated heterocycles. The molecule has 1 saturated carbocycles. The number of rotatable bonds is 2. The molecule has 3 rings (SSSR count). The highest BCUT2D eigenvalue weighted by Gasteiger charge is 2.45. The van der Waals surface area contributed by atoms with Crippen molar-refractivity contribution >= 4 is 29.9 Å². The number of nitrogens with zero attached hydrogens (tertiary/aromatic N) is 1. The molecule has 1 heterocycles. The molecule has 21 heavy (non-hydrogen) atoms. The van der Waals surface area contributed by atoms with Gasteiger partial charge in [0.1, 0.15) is 0 Å². The Labute approximate surface area is 137 Å². The summed E-state index contributed by atoms with van der Waals surface area (Å²) in [5, 5.41) is 4.03. The van der Waals surface area contributed by atoms with E-state index < -0.39 is 0 Å². The predicted molar refractivity (Wildman–Crippen MR) is 88.3 cm³/mol. The summed E-state index contributed by atoms with van der Waals surface area (Å²) in [7, 11) is 0. The van der Waals surface area contributed by atoms with Gasteiger partial charge in [-0.05, 0) is 30.5 Å². The molecular formula is C16H22Cl2N2O. The van der Waals surface area contributed by atoms with E-state index in [9.17, 15) is 4.79 Å². The topological polar surface area (TPSA) is 32.3 Å². The predicted octanol–water partition coefficient (Wildman–Crippen LogP) is 3.01. The molecule has 2 aliphatic rings. The van der Waals surface area contributed by atoms with Gasteiger partial charge < -0.3 is 10.2 Å². The molecule has 1 aromatic carbocycles. The van der Waals surface area contributed by atoms with Crippen molar-refractivity contribution in [3.63, 3.8) is 0 Å². The molecule has 0 spiro atoms. The first-order valence-electron chi connectivity index (χ1n) is 7.48. The zero-order valence-electron chi connectivity index (χ0n) is 12.1. The highest BCUT2D eigenvalue weighted by molar-refractivity contribution is 6.30. The van der Waals surface area contributed by atoms with Crippen LogP contribution in [0.25, 0.3) is 0 Å². The maximum absolute atomic E-state index is 13.1. The highest BCUT2D eigenvalue weighted by Crippen LogP contribution is 2.43. The van der Waals surface area contributed by atoms with E-state index >= 15 is 0 Å².